The molecule has 0 saturated carbocycles. The van der Waals surface area contributed by atoms with Gasteiger partial charge >= 0.3 is 42.0 Å². The number of allylic oxidation sites excluding steroid dienone is 2. The third kappa shape index (κ3) is 3.75. The van der Waals surface area contributed by atoms with Crippen molar-refractivity contribution in [2.45, 2.75) is 42.0 Å². The first-order valence-electron chi connectivity index (χ1n) is 5.18. The lowest BCUT2D eigenvalue weighted by molar-refractivity contribution is -0.387. The van der Waals surface area contributed by atoms with Gasteiger partial charge in [0, 0.05) is 0 Å². The summed E-state index contributed by atoms with van der Waals surface area (Å²) >= 11 is 0. The van der Waals surface area contributed by atoms with Crippen LogP contribution in [0.25, 0.3) is 0 Å². The minimum Gasteiger partial charge on any atom is -0.216 e. The molecule has 0 aliphatic heterocycles. The van der Waals surface area contributed by atoms with Crippen LogP contribution >= 0.6 is 0 Å². The van der Waals surface area contributed by atoms with Crippen molar-refractivity contribution in [1.29, 1.82) is 0 Å². The predicted octanol–water partition coefficient (Wildman–Crippen LogP) is 5.84. The Kier molecular flexibility index (Phi) is 5.50. The van der Waals surface area contributed by atoms with E-state index in [1.54, 1.807) is 0 Å². The third-order valence-corrected chi connectivity index (χ3v) is 2.52. The summed E-state index contributed by atoms with van der Waals surface area (Å²) in [5.74, 6) is -20.9. The van der Waals surface area contributed by atoms with E-state index in [2.05, 4.69) is 0 Å². The van der Waals surface area contributed by atoms with E-state index < -0.39 is 54.1 Å². The first kappa shape index (κ1) is 23.6. The quantitative estimate of drug-likeness (QED) is 0.401. The van der Waals surface area contributed by atoms with Gasteiger partial charge in [-0.05, 0) is 12.2 Å². The highest BCUT2D eigenvalue weighted by Crippen LogP contribution is 2.56. The number of alkyl halides is 16. The van der Waals surface area contributed by atoms with Crippen molar-refractivity contribution in [2.75, 3.05) is 0 Å². The largest absolute Gasteiger partial charge is 0.460 e. The summed E-state index contributed by atoms with van der Waals surface area (Å²) in [5, 5.41) is 0. The molecular formula is C9H2F16. The molecule has 0 radical (unpaired) electrons. The molecule has 0 aliphatic rings. The molecule has 0 aromatic carbocycles. The van der Waals surface area contributed by atoms with Crippen LogP contribution in [0.1, 0.15) is 0 Å². The minimum absolute atomic E-state index is 2.29. The van der Waals surface area contributed by atoms with Crippen LogP contribution in [0.5, 0.6) is 0 Å². The number of hydrogen-bond acceptors (Lipinski definition) is 0. The Labute approximate surface area is 126 Å². The zero-order valence-corrected chi connectivity index (χ0v) is 10.7. The van der Waals surface area contributed by atoms with Crippen molar-refractivity contribution in [1.82, 2.24) is 0 Å². The molecule has 0 heterocycles. The van der Waals surface area contributed by atoms with Crippen LogP contribution in [0.3, 0.4) is 0 Å². The second kappa shape index (κ2) is 5.82. The molecular weight excluding hydrogens is 412 g/mol. The first-order chi connectivity index (χ1) is 10.5. The summed E-state index contributed by atoms with van der Waals surface area (Å²) in [7, 11) is 0. The summed E-state index contributed by atoms with van der Waals surface area (Å²) in [5.41, 5.74) is -7.53. The molecule has 0 bridgehead atoms. The van der Waals surface area contributed by atoms with Gasteiger partial charge in [0.25, 0.3) is 0 Å². The standard InChI is InChI=1S/C9H2F16/c10-3(11,5(14,7(17,18)19)8(20,21)22)1-2-4(12,13)6(15,16)9(23,24)25/h1-2H/b2-1+. The second-order valence-corrected chi connectivity index (χ2v) is 4.31. The molecule has 0 atom stereocenters. The van der Waals surface area contributed by atoms with Crippen LogP contribution in [0, 0.1) is 0 Å². The van der Waals surface area contributed by atoms with E-state index in [0.717, 1.165) is 0 Å². The summed E-state index contributed by atoms with van der Waals surface area (Å²) in [4.78, 5) is 0. The molecule has 0 rings (SSSR count). The van der Waals surface area contributed by atoms with Gasteiger partial charge in [-0.15, -0.1) is 0 Å². The number of rotatable bonds is 4. The van der Waals surface area contributed by atoms with Gasteiger partial charge in [-0.2, -0.15) is 65.9 Å². The third-order valence-electron chi connectivity index (χ3n) is 2.52. The van der Waals surface area contributed by atoms with Crippen LogP contribution in [0.2, 0.25) is 0 Å². The minimum atomic E-state index is -7.53. The Hall–Kier alpha value is -1.38. The molecule has 0 aliphatic carbocycles. The molecule has 150 valence electrons. The van der Waals surface area contributed by atoms with Gasteiger partial charge in [0.1, 0.15) is 0 Å². The van der Waals surface area contributed by atoms with E-state index in [1.165, 1.54) is 0 Å². The van der Waals surface area contributed by atoms with Crippen molar-refractivity contribution in [2.24, 2.45) is 0 Å². The Bertz CT molecular complexity index is 485. The molecule has 0 saturated heterocycles. The number of hydrogen-bond donors (Lipinski definition) is 0. The van der Waals surface area contributed by atoms with Crippen molar-refractivity contribution >= 4 is 0 Å². The van der Waals surface area contributed by atoms with Gasteiger partial charge in [-0.25, -0.2) is 4.39 Å². The topological polar surface area (TPSA) is 0 Å². The fourth-order valence-electron chi connectivity index (χ4n) is 1.16. The van der Waals surface area contributed by atoms with E-state index in [-0.39, 0.29) is 0 Å². The highest BCUT2D eigenvalue weighted by atomic mass is 19.4. The van der Waals surface area contributed by atoms with Crippen molar-refractivity contribution < 1.29 is 70.2 Å². The summed E-state index contributed by atoms with van der Waals surface area (Å²) in [6, 6.07) is 0. The van der Waals surface area contributed by atoms with Crippen molar-refractivity contribution in [3.05, 3.63) is 12.2 Å². The van der Waals surface area contributed by atoms with Gasteiger partial charge in [0.05, 0.1) is 0 Å². The van der Waals surface area contributed by atoms with E-state index in [0.29, 0.717) is 0 Å². The van der Waals surface area contributed by atoms with Gasteiger partial charge < -0.3 is 0 Å². The average Bonchev–Trinajstić information content (AvgIpc) is 2.31. The van der Waals surface area contributed by atoms with E-state index in [9.17, 15) is 70.2 Å². The van der Waals surface area contributed by atoms with E-state index in [4.69, 9.17) is 0 Å². The molecule has 25 heavy (non-hydrogen) atoms. The molecule has 0 fully saturated rings. The van der Waals surface area contributed by atoms with E-state index in [1.807, 2.05) is 0 Å². The van der Waals surface area contributed by atoms with Crippen LogP contribution in [-0.4, -0.2) is 42.0 Å². The zero-order valence-electron chi connectivity index (χ0n) is 10.7. The Morgan fingerprint density at radius 2 is 0.640 bits per heavy atom. The van der Waals surface area contributed by atoms with E-state index >= 15 is 0 Å². The normalized spacial score (nSPS) is 16.6. The lowest BCUT2D eigenvalue weighted by Crippen LogP contribution is -2.64. The molecule has 16 heteroatoms. The molecule has 0 amide bonds. The van der Waals surface area contributed by atoms with Gasteiger partial charge in [-0.3, -0.25) is 0 Å². The molecule has 0 N–H and O–H groups in total. The molecule has 0 aromatic rings. The Morgan fingerprint density at radius 1 is 0.360 bits per heavy atom. The molecule has 0 spiro atoms. The zero-order chi connectivity index (χ0) is 20.9. The van der Waals surface area contributed by atoms with Gasteiger partial charge in [0.2, 0.25) is 0 Å². The maximum atomic E-state index is 13.0. The molecule has 0 unspecified atom stereocenters. The van der Waals surface area contributed by atoms with Crippen molar-refractivity contribution in [3.8, 4) is 0 Å². The second-order valence-electron chi connectivity index (χ2n) is 4.31. The number of halogens is 16. The fraction of sp³-hybridized carbons (Fsp3) is 0.778. The monoisotopic (exact) mass is 414 g/mol. The highest BCUT2D eigenvalue weighted by Gasteiger charge is 2.84. The van der Waals surface area contributed by atoms with Gasteiger partial charge in [-0.1, -0.05) is 0 Å². The fourth-order valence-corrected chi connectivity index (χ4v) is 1.16. The predicted molar refractivity (Wildman–Crippen MR) is 46.0 cm³/mol. The van der Waals surface area contributed by atoms with Gasteiger partial charge in [0.15, 0.2) is 0 Å². The Morgan fingerprint density at radius 3 is 0.880 bits per heavy atom. The lowest BCUT2D eigenvalue weighted by Gasteiger charge is -2.35. The molecule has 0 aromatic heterocycles. The maximum absolute atomic E-state index is 13.0. The summed E-state index contributed by atoms with van der Waals surface area (Å²) < 4.78 is 196. The van der Waals surface area contributed by atoms with Crippen LogP contribution in [0.15, 0.2) is 12.2 Å². The van der Waals surface area contributed by atoms with Crippen molar-refractivity contribution in [3.63, 3.8) is 0 Å². The highest BCUT2D eigenvalue weighted by molar-refractivity contribution is 5.18. The van der Waals surface area contributed by atoms with Crippen LogP contribution in [0.4, 0.5) is 70.2 Å². The lowest BCUT2D eigenvalue weighted by atomic mass is 9.94. The van der Waals surface area contributed by atoms with Crippen LogP contribution in [-0.2, 0) is 0 Å². The summed E-state index contributed by atoms with van der Waals surface area (Å²) in [6.07, 6.45) is -26.7. The van der Waals surface area contributed by atoms with Crippen LogP contribution < -0.4 is 0 Å². The maximum Gasteiger partial charge on any atom is 0.460 e. The smallest absolute Gasteiger partial charge is 0.216 e. The first-order valence-corrected chi connectivity index (χ1v) is 5.18. The Balaban J connectivity index is 6.19. The summed E-state index contributed by atoms with van der Waals surface area (Å²) in [6.45, 7) is 0. The SMILES string of the molecule is FC(F)(F)C(F)(F)C(F)(F)/C=C/C(F)(F)C(F)(C(F)(F)F)C(F)(F)F. The average molecular weight is 414 g/mol. The molecule has 0 nitrogen and oxygen atoms in total.